The van der Waals surface area contributed by atoms with E-state index < -0.39 is 24.9 Å². The van der Waals surface area contributed by atoms with Gasteiger partial charge in [0.15, 0.2) is 0 Å². The lowest BCUT2D eigenvalue weighted by Gasteiger charge is -2.21. The van der Waals surface area contributed by atoms with Crippen LogP contribution in [-0.2, 0) is 0 Å². The molecule has 0 saturated heterocycles. The van der Waals surface area contributed by atoms with Crippen LogP contribution in [0.5, 0.6) is 0 Å². The van der Waals surface area contributed by atoms with Gasteiger partial charge in [-0.25, -0.2) is 0 Å². The Bertz CT molecular complexity index is 204. The third kappa shape index (κ3) is 10.9. The summed E-state index contributed by atoms with van der Waals surface area (Å²) < 4.78 is 0. The largest absolute Gasteiger partial charge is 0.394 e. The second-order valence-corrected chi connectivity index (χ2v) is 6.51. The van der Waals surface area contributed by atoms with E-state index in [4.69, 9.17) is 5.11 Å². The molecule has 0 aromatic heterocycles. The van der Waals surface area contributed by atoms with Crippen molar-refractivity contribution < 1.29 is 20.4 Å². The maximum absolute atomic E-state index is 9.60. The van der Waals surface area contributed by atoms with Crippen molar-refractivity contribution in [1.29, 1.82) is 0 Å². The zero-order valence-electron chi connectivity index (χ0n) is 12.7. The maximum atomic E-state index is 9.60. The number of hydrogen-bond acceptors (Lipinski definition) is 5. The van der Waals surface area contributed by atoms with Gasteiger partial charge in [-0.15, -0.1) is 0 Å². The monoisotopic (exact) mass is 308 g/mol. The normalized spacial score (nSPS) is 16.1. The van der Waals surface area contributed by atoms with Gasteiger partial charge in [0.2, 0.25) is 0 Å². The number of hydrogen-bond donors (Lipinski definition) is 4. The van der Waals surface area contributed by atoms with Crippen LogP contribution in [0.15, 0.2) is 0 Å². The molecule has 0 radical (unpaired) electrons. The van der Waals surface area contributed by atoms with Crippen LogP contribution in [0, 0.1) is 0 Å². The fourth-order valence-electron chi connectivity index (χ4n) is 2.01. The first-order chi connectivity index (χ1) is 9.63. The SMILES string of the molecule is CCCCCCCCCCSC[C@@H](O)[C@@H](O)[C@@H](O)CO. The van der Waals surface area contributed by atoms with E-state index in [2.05, 4.69) is 6.92 Å². The quantitative estimate of drug-likeness (QED) is 0.369. The second-order valence-electron chi connectivity index (χ2n) is 5.36. The van der Waals surface area contributed by atoms with Gasteiger partial charge in [-0.2, -0.15) is 11.8 Å². The number of aliphatic hydroxyl groups excluding tert-OH is 4. The zero-order chi connectivity index (χ0) is 15.2. The Morgan fingerprint density at radius 2 is 1.35 bits per heavy atom. The minimum absolute atomic E-state index is 0.398. The molecular weight excluding hydrogens is 276 g/mol. The zero-order valence-corrected chi connectivity index (χ0v) is 13.5. The number of thioether (sulfide) groups is 1. The van der Waals surface area contributed by atoms with Crippen molar-refractivity contribution in [1.82, 2.24) is 0 Å². The van der Waals surface area contributed by atoms with Gasteiger partial charge in [0.05, 0.1) is 12.7 Å². The van der Waals surface area contributed by atoms with Crippen LogP contribution < -0.4 is 0 Å². The first-order valence-corrected chi connectivity index (χ1v) is 9.01. The Hall–Kier alpha value is 0.190. The maximum Gasteiger partial charge on any atom is 0.109 e. The summed E-state index contributed by atoms with van der Waals surface area (Å²) in [4.78, 5) is 0. The highest BCUT2D eigenvalue weighted by Crippen LogP contribution is 2.13. The van der Waals surface area contributed by atoms with Crippen molar-refractivity contribution in [3.63, 3.8) is 0 Å². The summed E-state index contributed by atoms with van der Waals surface area (Å²) in [7, 11) is 0. The molecular formula is C15H32O4S. The second kappa shape index (κ2) is 14.1. The fourth-order valence-corrected chi connectivity index (χ4v) is 3.02. The molecule has 0 amide bonds. The van der Waals surface area contributed by atoms with E-state index in [0.29, 0.717) is 5.75 Å². The summed E-state index contributed by atoms with van der Waals surface area (Å²) in [6, 6.07) is 0. The molecule has 4 N–H and O–H groups in total. The highest BCUT2D eigenvalue weighted by molar-refractivity contribution is 7.99. The Balaban J connectivity index is 3.31. The molecule has 0 unspecified atom stereocenters. The van der Waals surface area contributed by atoms with Crippen LogP contribution in [0.2, 0.25) is 0 Å². The summed E-state index contributed by atoms with van der Waals surface area (Å²) in [5.74, 6) is 1.36. The molecule has 0 bridgehead atoms. The van der Waals surface area contributed by atoms with E-state index in [-0.39, 0.29) is 0 Å². The van der Waals surface area contributed by atoms with Crippen LogP contribution in [-0.4, -0.2) is 56.9 Å². The third-order valence-corrected chi connectivity index (χ3v) is 4.56. The molecule has 0 aromatic rings. The van der Waals surface area contributed by atoms with Crippen molar-refractivity contribution in [2.45, 2.75) is 76.6 Å². The molecule has 0 spiro atoms. The van der Waals surface area contributed by atoms with Crippen LogP contribution >= 0.6 is 11.8 Å². The predicted molar refractivity (Wildman–Crippen MR) is 85.0 cm³/mol. The van der Waals surface area contributed by atoms with Crippen LogP contribution in [0.3, 0.4) is 0 Å². The Morgan fingerprint density at radius 3 is 1.90 bits per heavy atom. The Morgan fingerprint density at radius 1 is 0.800 bits per heavy atom. The standard InChI is InChI=1S/C15H32O4S/c1-2-3-4-5-6-7-8-9-10-20-12-14(18)15(19)13(17)11-16/h13-19H,2-12H2,1H3/t13-,14+,15-/m0/s1. The third-order valence-electron chi connectivity index (χ3n) is 3.41. The van der Waals surface area contributed by atoms with Crippen molar-refractivity contribution in [2.24, 2.45) is 0 Å². The van der Waals surface area contributed by atoms with Crippen molar-refractivity contribution >= 4 is 11.8 Å². The lowest BCUT2D eigenvalue weighted by atomic mass is 10.1. The minimum atomic E-state index is -1.26. The minimum Gasteiger partial charge on any atom is -0.394 e. The predicted octanol–water partition coefficient (Wildman–Crippen LogP) is 1.94. The molecule has 4 nitrogen and oxygen atoms in total. The Labute approximate surface area is 127 Å². The van der Waals surface area contributed by atoms with Crippen molar-refractivity contribution in [3.05, 3.63) is 0 Å². The Kier molecular flexibility index (Phi) is 14.3. The molecule has 0 saturated carbocycles. The molecule has 5 heteroatoms. The highest BCUT2D eigenvalue weighted by atomic mass is 32.2. The van der Waals surface area contributed by atoms with Crippen molar-refractivity contribution in [3.8, 4) is 0 Å². The number of aliphatic hydroxyl groups is 4. The lowest BCUT2D eigenvalue weighted by molar-refractivity contribution is -0.0683. The van der Waals surface area contributed by atoms with Gasteiger partial charge < -0.3 is 20.4 Å². The van der Waals surface area contributed by atoms with E-state index in [1.54, 1.807) is 11.8 Å². The van der Waals surface area contributed by atoms with Gasteiger partial charge in [0.25, 0.3) is 0 Å². The van der Waals surface area contributed by atoms with E-state index in [9.17, 15) is 15.3 Å². The first-order valence-electron chi connectivity index (χ1n) is 7.86. The molecule has 20 heavy (non-hydrogen) atoms. The summed E-state index contributed by atoms with van der Waals surface area (Å²) in [6.07, 6.45) is 6.77. The molecule has 3 atom stereocenters. The molecule has 0 aliphatic rings. The molecule has 0 heterocycles. The van der Waals surface area contributed by atoms with Gasteiger partial charge in [0, 0.05) is 5.75 Å². The first kappa shape index (κ1) is 20.2. The molecule has 0 aromatic carbocycles. The molecule has 0 aliphatic carbocycles. The topological polar surface area (TPSA) is 80.9 Å². The summed E-state index contributed by atoms with van der Waals surface area (Å²) in [5.41, 5.74) is 0. The highest BCUT2D eigenvalue weighted by Gasteiger charge is 2.23. The van der Waals surface area contributed by atoms with Gasteiger partial charge in [-0.1, -0.05) is 51.9 Å². The van der Waals surface area contributed by atoms with Crippen LogP contribution in [0.25, 0.3) is 0 Å². The smallest absolute Gasteiger partial charge is 0.109 e. The fraction of sp³-hybridized carbons (Fsp3) is 1.00. The summed E-state index contributed by atoms with van der Waals surface area (Å²) >= 11 is 1.59. The van der Waals surface area contributed by atoms with Crippen LogP contribution in [0.4, 0.5) is 0 Å². The van der Waals surface area contributed by atoms with Gasteiger partial charge in [-0.3, -0.25) is 0 Å². The van der Waals surface area contributed by atoms with Gasteiger partial charge in [-0.05, 0) is 12.2 Å². The summed E-state index contributed by atoms with van der Waals surface area (Å²) in [6.45, 7) is 1.70. The van der Waals surface area contributed by atoms with Gasteiger partial charge >= 0.3 is 0 Å². The van der Waals surface area contributed by atoms with E-state index in [1.807, 2.05) is 0 Å². The number of rotatable bonds is 14. The summed E-state index contributed by atoms with van der Waals surface area (Å²) in [5, 5.41) is 36.9. The van der Waals surface area contributed by atoms with Crippen LogP contribution in [0.1, 0.15) is 58.3 Å². The number of unbranched alkanes of at least 4 members (excludes halogenated alkanes) is 7. The molecule has 0 aliphatic heterocycles. The van der Waals surface area contributed by atoms with E-state index in [0.717, 1.165) is 12.2 Å². The van der Waals surface area contributed by atoms with E-state index in [1.165, 1.54) is 44.9 Å². The average Bonchev–Trinajstić information content (AvgIpc) is 2.47. The molecule has 0 rings (SSSR count). The van der Waals surface area contributed by atoms with Crippen molar-refractivity contribution in [2.75, 3.05) is 18.1 Å². The average molecular weight is 308 g/mol. The van der Waals surface area contributed by atoms with Gasteiger partial charge in [0.1, 0.15) is 12.2 Å². The molecule has 122 valence electrons. The molecule has 0 fully saturated rings. The van der Waals surface area contributed by atoms with E-state index >= 15 is 0 Å². The lowest BCUT2D eigenvalue weighted by Crippen LogP contribution is -2.40.